The zero-order valence-electron chi connectivity index (χ0n) is 20.1. The van der Waals surface area contributed by atoms with Crippen LogP contribution in [-0.2, 0) is 19.1 Å². The molecule has 9 nitrogen and oxygen atoms in total. The van der Waals surface area contributed by atoms with Crippen LogP contribution in [0.2, 0.25) is 0 Å². The van der Waals surface area contributed by atoms with Gasteiger partial charge in [0.15, 0.2) is 0 Å². The molecule has 0 N–H and O–H groups in total. The molecule has 2 amide bonds. The number of pyridine rings is 1. The highest BCUT2D eigenvalue weighted by atomic mass is 79.9. The summed E-state index contributed by atoms with van der Waals surface area (Å²) in [5.74, 6) is -0.557. The van der Waals surface area contributed by atoms with E-state index in [9.17, 15) is 14.4 Å². The second-order valence-electron chi connectivity index (χ2n) is 9.10. The SMILES string of the molecule is CCOC(=O)[C@@H](CN(Br)C(=O)OC(C)(C)C)N(CC1CCN(c2ccncc2)CC1)C(C)=O. The molecule has 0 aromatic carbocycles. The summed E-state index contributed by atoms with van der Waals surface area (Å²) in [6, 6.07) is 3.04. The summed E-state index contributed by atoms with van der Waals surface area (Å²) in [5, 5.41) is 0. The van der Waals surface area contributed by atoms with Crippen molar-refractivity contribution in [3.63, 3.8) is 0 Å². The molecule has 0 bridgehead atoms. The molecule has 0 saturated carbocycles. The summed E-state index contributed by atoms with van der Waals surface area (Å²) in [4.78, 5) is 45.7. The first-order valence-corrected chi connectivity index (χ1v) is 12.0. The van der Waals surface area contributed by atoms with Crippen molar-refractivity contribution in [1.29, 1.82) is 0 Å². The Kier molecular flexibility index (Phi) is 9.94. The predicted octanol–water partition coefficient (Wildman–Crippen LogP) is 3.63. The molecule has 33 heavy (non-hydrogen) atoms. The molecule has 0 radical (unpaired) electrons. The lowest BCUT2D eigenvalue weighted by Gasteiger charge is -2.38. The van der Waals surface area contributed by atoms with Crippen molar-refractivity contribution in [2.45, 2.75) is 59.1 Å². The average molecular weight is 527 g/mol. The van der Waals surface area contributed by atoms with Crippen LogP contribution in [0.5, 0.6) is 0 Å². The van der Waals surface area contributed by atoms with E-state index in [-0.39, 0.29) is 25.0 Å². The largest absolute Gasteiger partial charge is 0.464 e. The third-order valence-electron chi connectivity index (χ3n) is 5.36. The van der Waals surface area contributed by atoms with E-state index in [2.05, 4.69) is 26.0 Å². The minimum Gasteiger partial charge on any atom is -0.464 e. The lowest BCUT2D eigenvalue weighted by molar-refractivity contribution is -0.155. The quantitative estimate of drug-likeness (QED) is 0.377. The summed E-state index contributed by atoms with van der Waals surface area (Å²) in [5.41, 5.74) is 0.439. The number of anilines is 1. The molecule has 1 aromatic heterocycles. The highest BCUT2D eigenvalue weighted by Gasteiger charge is 2.35. The predicted molar refractivity (Wildman–Crippen MR) is 129 cm³/mol. The Hall–Kier alpha value is -2.36. The summed E-state index contributed by atoms with van der Waals surface area (Å²) in [6.45, 7) is 10.6. The molecule has 10 heteroatoms. The van der Waals surface area contributed by atoms with E-state index in [1.807, 2.05) is 12.1 Å². The fraction of sp³-hybridized carbons (Fsp3) is 0.652. The number of hydrogen-bond acceptors (Lipinski definition) is 7. The smallest absolute Gasteiger partial charge is 0.420 e. The van der Waals surface area contributed by atoms with Crippen molar-refractivity contribution in [3.05, 3.63) is 24.5 Å². The second-order valence-corrected chi connectivity index (χ2v) is 9.96. The maximum absolute atomic E-state index is 12.8. The van der Waals surface area contributed by atoms with Crippen LogP contribution < -0.4 is 4.90 Å². The molecule has 2 heterocycles. The van der Waals surface area contributed by atoms with Crippen LogP contribution in [0.15, 0.2) is 24.5 Å². The Morgan fingerprint density at radius 2 is 1.82 bits per heavy atom. The number of amides is 2. The van der Waals surface area contributed by atoms with Crippen LogP contribution in [0.3, 0.4) is 0 Å². The Morgan fingerprint density at radius 3 is 2.33 bits per heavy atom. The number of carbonyl (C=O) groups is 3. The first-order valence-electron chi connectivity index (χ1n) is 11.3. The first kappa shape index (κ1) is 26.9. The molecule has 0 aliphatic carbocycles. The Balaban J connectivity index is 2.08. The zero-order chi connectivity index (χ0) is 24.6. The van der Waals surface area contributed by atoms with Gasteiger partial charge in [-0.3, -0.25) is 9.78 Å². The van der Waals surface area contributed by atoms with Crippen molar-refractivity contribution in [2.75, 3.05) is 37.7 Å². The Bertz CT molecular complexity index is 794. The van der Waals surface area contributed by atoms with E-state index in [1.165, 1.54) is 11.8 Å². The molecular weight excluding hydrogens is 492 g/mol. The van der Waals surface area contributed by atoms with Crippen LogP contribution >= 0.6 is 16.1 Å². The molecule has 0 unspecified atom stereocenters. The molecule has 1 saturated heterocycles. The van der Waals surface area contributed by atoms with Gasteiger partial charge in [-0.05, 0) is 58.6 Å². The average Bonchev–Trinajstić information content (AvgIpc) is 2.75. The number of carbonyl (C=O) groups excluding carboxylic acids is 3. The molecule has 0 spiro atoms. The van der Waals surface area contributed by atoms with Crippen molar-refractivity contribution >= 4 is 39.8 Å². The van der Waals surface area contributed by atoms with Crippen LogP contribution in [0.1, 0.15) is 47.5 Å². The van der Waals surface area contributed by atoms with E-state index in [1.54, 1.807) is 40.1 Å². The monoisotopic (exact) mass is 526 g/mol. The standard InChI is InChI=1S/C23H35BrN4O5/c1-6-32-21(30)20(16-28(24)22(31)33-23(3,4)5)27(17(2)29)15-18-9-13-26(14-10-18)19-7-11-25-12-8-19/h7-8,11-12,18,20H,6,9-10,13-16H2,1-5H3/t20-/m1/s1. The van der Waals surface area contributed by atoms with Gasteiger partial charge in [-0.15, -0.1) is 0 Å². The van der Waals surface area contributed by atoms with Gasteiger partial charge >= 0.3 is 12.1 Å². The van der Waals surface area contributed by atoms with Crippen LogP contribution in [0.4, 0.5) is 10.5 Å². The second kappa shape index (κ2) is 12.2. The molecule has 2 rings (SSSR count). The number of hydrogen-bond donors (Lipinski definition) is 0. The fourth-order valence-electron chi connectivity index (χ4n) is 3.76. The van der Waals surface area contributed by atoms with E-state index in [0.717, 1.165) is 35.5 Å². The number of halogens is 1. The maximum atomic E-state index is 12.8. The van der Waals surface area contributed by atoms with Crippen molar-refractivity contribution < 1.29 is 23.9 Å². The van der Waals surface area contributed by atoms with E-state index in [4.69, 9.17) is 9.47 Å². The van der Waals surface area contributed by atoms with Gasteiger partial charge in [-0.25, -0.2) is 13.5 Å². The van der Waals surface area contributed by atoms with Gasteiger partial charge in [-0.1, -0.05) is 0 Å². The topological polar surface area (TPSA) is 92.3 Å². The normalized spacial score (nSPS) is 15.5. The summed E-state index contributed by atoms with van der Waals surface area (Å²) < 4.78 is 11.7. The number of ether oxygens (including phenoxy) is 2. The van der Waals surface area contributed by atoms with Crippen molar-refractivity contribution in [2.24, 2.45) is 5.92 Å². The minimum atomic E-state index is -0.937. The molecule has 1 aliphatic heterocycles. The Morgan fingerprint density at radius 1 is 1.21 bits per heavy atom. The van der Waals surface area contributed by atoms with E-state index in [0.29, 0.717) is 6.54 Å². The first-order chi connectivity index (χ1) is 15.5. The van der Waals surface area contributed by atoms with Crippen LogP contribution in [-0.4, -0.2) is 76.2 Å². The van der Waals surface area contributed by atoms with E-state index >= 15 is 0 Å². The molecule has 1 atom stereocenters. The van der Waals surface area contributed by atoms with Crippen molar-refractivity contribution in [3.8, 4) is 0 Å². The van der Waals surface area contributed by atoms with Gasteiger partial charge in [0.2, 0.25) is 5.91 Å². The number of piperidine rings is 1. The van der Waals surface area contributed by atoms with Gasteiger partial charge in [0, 0.05) is 44.6 Å². The van der Waals surface area contributed by atoms with Crippen LogP contribution in [0.25, 0.3) is 0 Å². The number of rotatable bonds is 8. The molecule has 1 aromatic rings. The van der Waals surface area contributed by atoms with E-state index < -0.39 is 23.7 Å². The summed E-state index contributed by atoms with van der Waals surface area (Å²) in [6.07, 6.45) is 4.68. The highest BCUT2D eigenvalue weighted by molar-refractivity contribution is 9.07. The summed E-state index contributed by atoms with van der Waals surface area (Å²) >= 11 is 3.19. The van der Waals surface area contributed by atoms with Gasteiger partial charge in [0.05, 0.1) is 29.3 Å². The van der Waals surface area contributed by atoms with Crippen LogP contribution in [0, 0.1) is 5.92 Å². The third kappa shape index (κ3) is 8.49. The summed E-state index contributed by atoms with van der Waals surface area (Å²) in [7, 11) is 0. The van der Waals surface area contributed by atoms with Gasteiger partial charge in [-0.2, -0.15) is 0 Å². The maximum Gasteiger partial charge on any atom is 0.420 e. The fourth-order valence-corrected chi connectivity index (χ4v) is 4.11. The number of nitrogens with zero attached hydrogens (tertiary/aromatic N) is 4. The molecule has 1 aliphatic rings. The Labute approximate surface area is 204 Å². The van der Waals surface area contributed by atoms with Gasteiger partial charge in [0.25, 0.3) is 0 Å². The minimum absolute atomic E-state index is 0.0802. The highest BCUT2D eigenvalue weighted by Crippen LogP contribution is 2.25. The van der Waals surface area contributed by atoms with Gasteiger partial charge in [0.1, 0.15) is 11.6 Å². The lowest BCUT2D eigenvalue weighted by Crippen LogP contribution is -2.53. The van der Waals surface area contributed by atoms with Gasteiger partial charge < -0.3 is 19.3 Å². The number of esters is 1. The number of aromatic nitrogens is 1. The molecule has 184 valence electrons. The molecule has 1 fully saturated rings. The zero-order valence-corrected chi connectivity index (χ0v) is 21.7. The molecular formula is C23H35BrN4O5. The third-order valence-corrected chi connectivity index (χ3v) is 5.94. The lowest BCUT2D eigenvalue weighted by atomic mass is 9.95. The van der Waals surface area contributed by atoms with Crippen molar-refractivity contribution in [1.82, 2.24) is 13.8 Å².